The standard InChI is InChI=1S/C19H26F2N2O2.ClH/c1-3-23-13-19(25-14(2)18(23)24)7-10-22(11-8-19)9-6-15-12-16(20)4-5-17(15)21;/h4-5,12,14H,3,6-11,13H2,1-2H3;1H/i14D;. The van der Waals surface area contributed by atoms with Crippen molar-refractivity contribution in [3.05, 3.63) is 35.4 Å². The molecule has 2 aliphatic rings. The molecule has 1 unspecified atom stereocenters. The van der Waals surface area contributed by atoms with E-state index in [9.17, 15) is 13.6 Å². The molecule has 0 N–H and O–H groups in total. The molecule has 7 heteroatoms. The first-order valence-electron chi connectivity index (χ1n) is 9.40. The van der Waals surface area contributed by atoms with E-state index in [0.717, 1.165) is 38.1 Å². The maximum atomic E-state index is 13.8. The van der Waals surface area contributed by atoms with E-state index in [1.807, 2.05) is 6.92 Å². The lowest BCUT2D eigenvalue weighted by molar-refractivity contribution is -0.189. The van der Waals surface area contributed by atoms with Crippen molar-refractivity contribution in [3.8, 4) is 0 Å². The Kier molecular flexibility index (Phi) is 6.48. The van der Waals surface area contributed by atoms with Gasteiger partial charge in [-0.05, 0) is 56.9 Å². The van der Waals surface area contributed by atoms with Crippen LogP contribution in [0.25, 0.3) is 0 Å². The molecule has 3 rings (SSSR count). The topological polar surface area (TPSA) is 32.8 Å². The summed E-state index contributed by atoms with van der Waals surface area (Å²) >= 11 is 0. The number of likely N-dealkylation sites (tertiary alicyclic amines) is 1. The molecule has 4 nitrogen and oxygen atoms in total. The molecule has 0 radical (unpaired) electrons. The van der Waals surface area contributed by atoms with Crippen LogP contribution in [0.5, 0.6) is 0 Å². The summed E-state index contributed by atoms with van der Waals surface area (Å²) in [6.45, 7) is 6.65. The highest BCUT2D eigenvalue weighted by molar-refractivity contribution is 5.85. The Bertz CT molecular complexity index is 682. The summed E-state index contributed by atoms with van der Waals surface area (Å²) in [7, 11) is 0. The Labute approximate surface area is 161 Å². The minimum absolute atomic E-state index is 0. The van der Waals surface area contributed by atoms with Crippen molar-refractivity contribution >= 4 is 18.3 Å². The number of rotatable bonds is 4. The van der Waals surface area contributed by atoms with Gasteiger partial charge in [0.25, 0.3) is 5.91 Å². The van der Waals surface area contributed by atoms with Crippen LogP contribution in [0, 0.1) is 11.6 Å². The predicted octanol–water partition coefficient (Wildman–Crippen LogP) is 3.03. The van der Waals surface area contributed by atoms with E-state index in [-0.39, 0.29) is 24.1 Å². The van der Waals surface area contributed by atoms with Gasteiger partial charge in [0.05, 0.1) is 6.97 Å². The van der Waals surface area contributed by atoms with Gasteiger partial charge in [-0.1, -0.05) is 0 Å². The molecule has 0 bridgehead atoms. The molecule has 1 spiro atoms. The number of hydrogen-bond donors (Lipinski definition) is 0. The molecule has 0 aliphatic carbocycles. The quantitative estimate of drug-likeness (QED) is 0.793. The monoisotopic (exact) mass is 389 g/mol. The Hall–Kier alpha value is -1.24. The fraction of sp³-hybridized carbons (Fsp3) is 0.632. The van der Waals surface area contributed by atoms with Gasteiger partial charge < -0.3 is 14.5 Å². The van der Waals surface area contributed by atoms with Crippen molar-refractivity contribution in [2.45, 2.75) is 44.8 Å². The first-order chi connectivity index (χ1) is 12.2. The van der Waals surface area contributed by atoms with Crippen molar-refractivity contribution in [3.63, 3.8) is 0 Å². The molecule has 2 aliphatic heterocycles. The van der Waals surface area contributed by atoms with Crippen LogP contribution in [0.15, 0.2) is 18.2 Å². The maximum Gasteiger partial charge on any atom is 0.251 e. The van der Waals surface area contributed by atoms with Crippen LogP contribution in [-0.2, 0) is 16.0 Å². The van der Waals surface area contributed by atoms with Gasteiger partial charge in [-0.2, -0.15) is 0 Å². The molecule has 0 saturated carbocycles. The van der Waals surface area contributed by atoms with E-state index in [1.54, 1.807) is 4.90 Å². The zero-order valence-corrected chi connectivity index (χ0v) is 16.1. The lowest BCUT2D eigenvalue weighted by atomic mass is 9.88. The van der Waals surface area contributed by atoms with Gasteiger partial charge in [-0.15, -0.1) is 12.4 Å². The number of halogens is 3. The van der Waals surface area contributed by atoms with E-state index in [0.29, 0.717) is 31.6 Å². The first kappa shape index (κ1) is 19.5. The number of nitrogens with zero attached hydrogens (tertiary/aromatic N) is 2. The smallest absolute Gasteiger partial charge is 0.251 e. The summed E-state index contributed by atoms with van der Waals surface area (Å²) in [6.07, 6.45) is 0.349. The Balaban J connectivity index is 0.00000261. The van der Waals surface area contributed by atoms with Crippen LogP contribution in [0.3, 0.4) is 0 Å². The van der Waals surface area contributed by atoms with E-state index in [2.05, 4.69) is 4.90 Å². The van der Waals surface area contributed by atoms with Crippen molar-refractivity contribution < 1.29 is 19.7 Å². The number of piperidine rings is 1. The molecule has 0 aromatic heterocycles. The third-order valence-corrected chi connectivity index (χ3v) is 5.29. The Morgan fingerprint density at radius 2 is 2.04 bits per heavy atom. The van der Waals surface area contributed by atoms with Gasteiger partial charge in [0.15, 0.2) is 0 Å². The molecule has 1 aromatic rings. The molecular formula is C19H27ClF2N2O2. The summed E-state index contributed by atoms with van der Waals surface area (Å²) in [5.41, 5.74) is -0.0956. The van der Waals surface area contributed by atoms with E-state index in [4.69, 9.17) is 6.11 Å². The van der Waals surface area contributed by atoms with Crippen molar-refractivity contribution in [2.75, 3.05) is 32.7 Å². The van der Waals surface area contributed by atoms with Gasteiger partial charge in [0.1, 0.15) is 17.7 Å². The number of carbonyl (C=O) groups is 1. The highest BCUT2D eigenvalue weighted by Crippen LogP contribution is 2.32. The molecule has 1 amide bonds. The van der Waals surface area contributed by atoms with Crippen LogP contribution in [0.1, 0.15) is 33.6 Å². The van der Waals surface area contributed by atoms with Gasteiger partial charge in [0.2, 0.25) is 0 Å². The van der Waals surface area contributed by atoms with Gasteiger partial charge in [0, 0.05) is 32.7 Å². The number of likely N-dealkylation sites (N-methyl/N-ethyl adjacent to an activating group) is 1. The summed E-state index contributed by atoms with van der Waals surface area (Å²) < 4.78 is 41.2. The minimum atomic E-state index is -1.54. The van der Waals surface area contributed by atoms with Crippen LogP contribution >= 0.6 is 12.4 Å². The number of amides is 1. The highest BCUT2D eigenvalue weighted by Gasteiger charge is 2.44. The molecule has 1 atom stereocenters. The molecule has 1 aromatic carbocycles. The number of hydrogen-bond acceptors (Lipinski definition) is 3. The zero-order chi connectivity index (χ0) is 18.9. The van der Waals surface area contributed by atoms with Crippen molar-refractivity contribution in [1.82, 2.24) is 9.80 Å². The number of morpholine rings is 1. The zero-order valence-electron chi connectivity index (χ0n) is 16.3. The first-order valence-corrected chi connectivity index (χ1v) is 8.90. The second kappa shape index (κ2) is 8.63. The molecule has 2 fully saturated rings. The highest BCUT2D eigenvalue weighted by atomic mass is 35.5. The van der Waals surface area contributed by atoms with Crippen molar-refractivity contribution in [2.24, 2.45) is 0 Å². The maximum absolute atomic E-state index is 13.8. The molecular weight excluding hydrogens is 362 g/mol. The van der Waals surface area contributed by atoms with Crippen LogP contribution in [0.2, 0.25) is 0 Å². The van der Waals surface area contributed by atoms with E-state index >= 15 is 0 Å². The lowest BCUT2D eigenvalue weighted by Gasteiger charge is -2.49. The molecule has 146 valence electrons. The summed E-state index contributed by atoms with van der Waals surface area (Å²) in [5, 5.41) is 0. The Morgan fingerprint density at radius 3 is 2.69 bits per heavy atom. The fourth-order valence-corrected chi connectivity index (χ4v) is 3.76. The van der Waals surface area contributed by atoms with Crippen molar-refractivity contribution in [1.29, 1.82) is 0 Å². The molecule has 2 saturated heterocycles. The largest absolute Gasteiger partial charge is 0.360 e. The minimum Gasteiger partial charge on any atom is -0.360 e. The van der Waals surface area contributed by atoms with Gasteiger partial charge in [-0.3, -0.25) is 4.79 Å². The van der Waals surface area contributed by atoms with E-state index < -0.39 is 17.5 Å². The van der Waals surface area contributed by atoms with E-state index in [1.165, 1.54) is 13.0 Å². The third kappa shape index (κ3) is 4.53. The van der Waals surface area contributed by atoms with Crippen LogP contribution in [0.4, 0.5) is 8.78 Å². The average molecular weight is 390 g/mol. The van der Waals surface area contributed by atoms with Crippen LogP contribution < -0.4 is 0 Å². The van der Waals surface area contributed by atoms with Gasteiger partial charge in [-0.25, -0.2) is 8.78 Å². The second-order valence-corrected chi connectivity index (χ2v) is 6.99. The third-order valence-electron chi connectivity index (χ3n) is 5.29. The second-order valence-electron chi connectivity index (χ2n) is 6.99. The fourth-order valence-electron chi connectivity index (χ4n) is 3.76. The SMILES string of the molecule is Cl.[2H]C1(C)OC2(CCN(CCc3cc(F)ccc3F)CC2)CN(CC)C1=O. The number of carbonyl (C=O) groups excluding carboxylic acids is 1. The lowest BCUT2D eigenvalue weighted by Crippen LogP contribution is -2.61. The number of benzene rings is 1. The summed E-state index contributed by atoms with van der Waals surface area (Å²) in [4.78, 5) is 16.1. The Morgan fingerprint density at radius 1 is 1.35 bits per heavy atom. The van der Waals surface area contributed by atoms with Gasteiger partial charge >= 0.3 is 0 Å². The number of ether oxygens (including phenoxy) is 1. The molecule has 2 heterocycles. The average Bonchev–Trinajstić information content (AvgIpc) is 2.60. The predicted molar refractivity (Wildman–Crippen MR) is 98.5 cm³/mol. The molecule has 26 heavy (non-hydrogen) atoms. The normalized spacial score (nSPS) is 26.5. The van der Waals surface area contributed by atoms with Crippen LogP contribution in [-0.4, -0.2) is 60.1 Å². The summed E-state index contributed by atoms with van der Waals surface area (Å²) in [5.74, 6) is -1.08. The summed E-state index contributed by atoms with van der Waals surface area (Å²) in [6, 6.07) is 3.54.